The average molecular weight is 224 g/mol. The molecule has 0 saturated heterocycles. The third-order valence-electron chi connectivity index (χ3n) is 2.11. The summed E-state index contributed by atoms with van der Waals surface area (Å²) in [6.07, 6.45) is 10.5. The molecule has 16 heavy (non-hydrogen) atoms. The van der Waals surface area contributed by atoms with Gasteiger partial charge in [0.2, 0.25) is 0 Å². The van der Waals surface area contributed by atoms with Crippen LogP contribution in [0.3, 0.4) is 0 Å². The van der Waals surface area contributed by atoms with E-state index in [4.69, 9.17) is 9.47 Å². The van der Waals surface area contributed by atoms with Crippen LogP contribution in [-0.4, -0.2) is 25.4 Å². The minimum Gasteiger partial charge on any atom is -0.374 e. The summed E-state index contributed by atoms with van der Waals surface area (Å²) < 4.78 is 10.4. The summed E-state index contributed by atoms with van der Waals surface area (Å²) in [5.41, 5.74) is 0. The summed E-state index contributed by atoms with van der Waals surface area (Å²) in [5.74, 6) is 0. The Morgan fingerprint density at radius 1 is 1.44 bits per heavy atom. The Hall–Kier alpha value is -0.860. The molecule has 2 atom stereocenters. The van der Waals surface area contributed by atoms with E-state index in [1.807, 2.05) is 13.0 Å². The van der Waals surface area contributed by atoms with Crippen molar-refractivity contribution < 1.29 is 9.47 Å². The minimum atomic E-state index is 0.278. The second kappa shape index (κ2) is 10.7. The lowest BCUT2D eigenvalue weighted by atomic mass is 10.2. The second-order valence-corrected chi connectivity index (χ2v) is 3.81. The van der Waals surface area contributed by atoms with Gasteiger partial charge in [0, 0.05) is 0 Å². The van der Waals surface area contributed by atoms with Crippen molar-refractivity contribution in [2.45, 2.75) is 38.9 Å². The van der Waals surface area contributed by atoms with Gasteiger partial charge < -0.3 is 9.47 Å². The van der Waals surface area contributed by atoms with E-state index in [2.05, 4.69) is 32.2 Å². The molecule has 92 valence electrons. The van der Waals surface area contributed by atoms with Crippen molar-refractivity contribution in [3.05, 3.63) is 37.5 Å². The Kier molecular flexibility index (Phi) is 10.1. The van der Waals surface area contributed by atoms with Crippen molar-refractivity contribution in [1.29, 1.82) is 0 Å². The van der Waals surface area contributed by atoms with E-state index in [0.717, 1.165) is 19.4 Å². The molecule has 0 N–H and O–H groups in total. The minimum absolute atomic E-state index is 0.278. The van der Waals surface area contributed by atoms with Gasteiger partial charge in [0.1, 0.15) is 0 Å². The molecule has 1 rings (SSSR count). The standard InChI is InChI=1S/C8H14O.C6H10O/c1-4-6-8(3)9-7-5-2;1-6-4-2-3-5-7-6/h4-5,8H,1-2,6-7H2,3H3;2-3,6H,4-5H2,1H3. The van der Waals surface area contributed by atoms with Gasteiger partial charge in [0.05, 0.1) is 25.4 Å². The van der Waals surface area contributed by atoms with Crippen LogP contribution in [0.25, 0.3) is 0 Å². The largest absolute Gasteiger partial charge is 0.374 e. The van der Waals surface area contributed by atoms with Crippen LogP contribution in [0.2, 0.25) is 0 Å². The van der Waals surface area contributed by atoms with E-state index >= 15 is 0 Å². The fraction of sp³-hybridized carbons (Fsp3) is 0.571. The van der Waals surface area contributed by atoms with Crippen LogP contribution in [0.15, 0.2) is 37.5 Å². The molecule has 0 radical (unpaired) electrons. The molecule has 0 spiro atoms. The summed E-state index contributed by atoms with van der Waals surface area (Å²) >= 11 is 0. The Balaban J connectivity index is 0.000000288. The van der Waals surface area contributed by atoms with Crippen molar-refractivity contribution >= 4 is 0 Å². The van der Waals surface area contributed by atoms with Crippen LogP contribution in [0, 0.1) is 0 Å². The van der Waals surface area contributed by atoms with Crippen molar-refractivity contribution in [1.82, 2.24) is 0 Å². The summed E-state index contributed by atoms with van der Waals surface area (Å²) in [6.45, 7) is 12.7. The van der Waals surface area contributed by atoms with E-state index in [1.54, 1.807) is 6.08 Å². The zero-order valence-corrected chi connectivity index (χ0v) is 10.5. The van der Waals surface area contributed by atoms with Gasteiger partial charge in [-0.1, -0.05) is 24.3 Å². The van der Waals surface area contributed by atoms with Crippen LogP contribution in [0.1, 0.15) is 26.7 Å². The quantitative estimate of drug-likeness (QED) is 0.665. The van der Waals surface area contributed by atoms with E-state index in [0.29, 0.717) is 12.7 Å². The predicted octanol–water partition coefficient (Wildman–Crippen LogP) is 3.51. The Morgan fingerprint density at radius 2 is 2.19 bits per heavy atom. The molecule has 1 aliphatic heterocycles. The van der Waals surface area contributed by atoms with Crippen LogP contribution >= 0.6 is 0 Å². The highest BCUT2D eigenvalue weighted by atomic mass is 16.5. The molecule has 0 bridgehead atoms. The normalized spacial score (nSPS) is 20.5. The molecule has 0 aromatic rings. The Bertz CT molecular complexity index is 209. The molecule has 0 aliphatic carbocycles. The summed E-state index contributed by atoms with van der Waals surface area (Å²) in [6, 6.07) is 0. The molecule has 1 aliphatic rings. The maximum absolute atomic E-state index is 5.24. The lowest BCUT2D eigenvalue weighted by Crippen LogP contribution is -2.09. The highest BCUT2D eigenvalue weighted by molar-refractivity contribution is 4.87. The van der Waals surface area contributed by atoms with Crippen LogP contribution < -0.4 is 0 Å². The Morgan fingerprint density at radius 3 is 2.56 bits per heavy atom. The molecular weight excluding hydrogens is 200 g/mol. The first-order valence-electron chi connectivity index (χ1n) is 5.80. The summed E-state index contributed by atoms with van der Waals surface area (Å²) in [5, 5.41) is 0. The van der Waals surface area contributed by atoms with Gasteiger partial charge in [-0.25, -0.2) is 0 Å². The molecule has 1 heterocycles. The number of hydrogen-bond acceptors (Lipinski definition) is 2. The van der Waals surface area contributed by atoms with E-state index in [-0.39, 0.29) is 6.10 Å². The topological polar surface area (TPSA) is 18.5 Å². The lowest BCUT2D eigenvalue weighted by molar-refractivity contribution is 0.0820. The van der Waals surface area contributed by atoms with Crippen LogP contribution in [-0.2, 0) is 9.47 Å². The van der Waals surface area contributed by atoms with E-state index < -0.39 is 0 Å². The maximum Gasteiger partial charge on any atom is 0.0651 e. The van der Waals surface area contributed by atoms with E-state index in [1.165, 1.54) is 0 Å². The highest BCUT2D eigenvalue weighted by Crippen LogP contribution is 2.03. The first-order valence-corrected chi connectivity index (χ1v) is 5.80. The van der Waals surface area contributed by atoms with Crippen LogP contribution in [0.5, 0.6) is 0 Å². The molecule has 0 fully saturated rings. The third kappa shape index (κ3) is 9.69. The first kappa shape index (κ1) is 15.1. The van der Waals surface area contributed by atoms with Crippen molar-refractivity contribution in [2.24, 2.45) is 0 Å². The monoisotopic (exact) mass is 224 g/mol. The molecule has 0 aromatic heterocycles. The maximum atomic E-state index is 5.24. The van der Waals surface area contributed by atoms with Crippen LogP contribution in [0.4, 0.5) is 0 Å². The summed E-state index contributed by atoms with van der Waals surface area (Å²) in [4.78, 5) is 0. The van der Waals surface area contributed by atoms with Gasteiger partial charge in [-0.2, -0.15) is 0 Å². The number of hydrogen-bond donors (Lipinski definition) is 0. The molecular formula is C14H24O2. The molecule has 0 saturated carbocycles. The van der Waals surface area contributed by atoms with E-state index in [9.17, 15) is 0 Å². The van der Waals surface area contributed by atoms with Gasteiger partial charge >= 0.3 is 0 Å². The fourth-order valence-corrected chi connectivity index (χ4v) is 1.18. The molecule has 0 aromatic carbocycles. The zero-order chi connectivity index (χ0) is 12.2. The average Bonchev–Trinajstić information content (AvgIpc) is 2.29. The molecule has 2 heteroatoms. The summed E-state index contributed by atoms with van der Waals surface area (Å²) in [7, 11) is 0. The second-order valence-electron chi connectivity index (χ2n) is 3.81. The van der Waals surface area contributed by atoms with Crippen molar-refractivity contribution in [3.63, 3.8) is 0 Å². The van der Waals surface area contributed by atoms with Gasteiger partial charge in [-0.15, -0.1) is 13.2 Å². The lowest BCUT2D eigenvalue weighted by Gasteiger charge is -2.12. The molecule has 2 nitrogen and oxygen atoms in total. The smallest absolute Gasteiger partial charge is 0.0651 e. The van der Waals surface area contributed by atoms with Gasteiger partial charge in [0.15, 0.2) is 0 Å². The highest BCUT2D eigenvalue weighted by Gasteiger charge is 2.00. The first-order chi connectivity index (χ1) is 7.70. The molecule has 0 amide bonds. The zero-order valence-electron chi connectivity index (χ0n) is 10.5. The number of rotatable bonds is 5. The third-order valence-corrected chi connectivity index (χ3v) is 2.11. The number of ether oxygens (including phenoxy) is 2. The van der Waals surface area contributed by atoms with Crippen molar-refractivity contribution in [2.75, 3.05) is 13.2 Å². The fourth-order valence-electron chi connectivity index (χ4n) is 1.18. The van der Waals surface area contributed by atoms with Gasteiger partial charge in [-0.3, -0.25) is 0 Å². The van der Waals surface area contributed by atoms with Gasteiger partial charge in [-0.05, 0) is 26.7 Å². The van der Waals surface area contributed by atoms with Gasteiger partial charge in [0.25, 0.3) is 0 Å². The Labute approximate surface area is 99.6 Å². The molecule has 2 unspecified atom stereocenters. The SMILES string of the molecule is C=CCOC(C)CC=C.CC1CC=CCO1. The predicted molar refractivity (Wildman–Crippen MR) is 69.6 cm³/mol. The van der Waals surface area contributed by atoms with Crippen molar-refractivity contribution in [3.8, 4) is 0 Å².